The first-order valence-electron chi connectivity index (χ1n) is 5.60. The molecule has 4 N–H and O–H groups in total. The Morgan fingerprint density at radius 3 is 2.94 bits per heavy atom. The fraction of sp³-hybridized carbons (Fsp3) is 0.417. The van der Waals surface area contributed by atoms with E-state index in [4.69, 9.17) is 22.5 Å². The first-order chi connectivity index (χ1) is 8.15. The topological polar surface area (TPSA) is 70.6 Å². The Morgan fingerprint density at radius 2 is 2.24 bits per heavy atom. The van der Waals surface area contributed by atoms with Crippen LogP contribution in [0.25, 0.3) is 0 Å². The molecule has 0 saturated heterocycles. The Balaban J connectivity index is 2.29. The summed E-state index contributed by atoms with van der Waals surface area (Å²) in [5.41, 5.74) is 7.49. The summed E-state index contributed by atoms with van der Waals surface area (Å²) in [6, 6.07) is 5.80. The van der Waals surface area contributed by atoms with Gasteiger partial charge in [0.1, 0.15) is 5.84 Å². The molecule has 0 aliphatic heterocycles. The summed E-state index contributed by atoms with van der Waals surface area (Å²) in [4.78, 5) is 0. The maximum Gasteiger partial charge on any atom is 0.139 e. The zero-order chi connectivity index (χ0) is 12.7. The first kappa shape index (κ1) is 13.6. The Kier molecular flexibility index (Phi) is 5.63. The maximum absolute atomic E-state index is 8.37. The summed E-state index contributed by atoms with van der Waals surface area (Å²) in [6.45, 7) is 2.83. The monoisotopic (exact) mass is 255 g/mol. The van der Waals surface area contributed by atoms with Gasteiger partial charge in [0.2, 0.25) is 0 Å². The van der Waals surface area contributed by atoms with Gasteiger partial charge in [0.25, 0.3) is 0 Å². The van der Waals surface area contributed by atoms with E-state index >= 15 is 0 Å². The molecule has 4 nitrogen and oxygen atoms in total. The maximum atomic E-state index is 8.37. The second kappa shape index (κ2) is 7.01. The predicted octanol–water partition coefficient (Wildman–Crippen LogP) is 2.98. The molecular weight excluding hydrogens is 238 g/mol. The van der Waals surface area contributed by atoms with E-state index in [2.05, 4.69) is 10.5 Å². The Hall–Kier alpha value is -1.42. The number of benzene rings is 1. The van der Waals surface area contributed by atoms with Crippen LogP contribution < -0.4 is 11.1 Å². The molecular formula is C12H18ClN3O. The van der Waals surface area contributed by atoms with Crippen LogP contribution in [0.4, 0.5) is 5.69 Å². The van der Waals surface area contributed by atoms with Gasteiger partial charge in [-0.15, -0.1) is 0 Å². The largest absolute Gasteiger partial charge is 0.409 e. The molecule has 0 bridgehead atoms. The zero-order valence-corrected chi connectivity index (χ0v) is 10.7. The number of halogens is 1. The normalized spacial score (nSPS) is 11.5. The summed E-state index contributed by atoms with van der Waals surface area (Å²) in [6.07, 6.45) is 2.47. The lowest BCUT2D eigenvalue weighted by molar-refractivity contribution is 0.316. The smallest absolute Gasteiger partial charge is 0.139 e. The van der Waals surface area contributed by atoms with Crippen LogP contribution in [0, 0.1) is 6.92 Å². The predicted molar refractivity (Wildman–Crippen MR) is 71.9 cm³/mol. The number of unbranched alkanes of at least 4 members (excludes halogenated alkanes) is 1. The van der Waals surface area contributed by atoms with Gasteiger partial charge < -0.3 is 16.3 Å². The van der Waals surface area contributed by atoms with Gasteiger partial charge in [-0.1, -0.05) is 22.8 Å². The van der Waals surface area contributed by atoms with Gasteiger partial charge in [-0.25, -0.2) is 0 Å². The average Bonchev–Trinajstić information content (AvgIpc) is 2.33. The molecule has 0 atom stereocenters. The van der Waals surface area contributed by atoms with Crippen molar-refractivity contribution in [3.05, 3.63) is 28.8 Å². The summed E-state index contributed by atoms with van der Waals surface area (Å²) in [5.74, 6) is 0.281. The molecule has 1 rings (SSSR count). The van der Waals surface area contributed by atoms with Crippen molar-refractivity contribution < 1.29 is 5.21 Å². The van der Waals surface area contributed by atoms with Gasteiger partial charge in [0, 0.05) is 23.7 Å². The number of hydrogen-bond acceptors (Lipinski definition) is 3. The van der Waals surface area contributed by atoms with Crippen molar-refractivity contribution in [1.29, 1.82) is 0 Å². The molecule has 0 aliphatic carbocycles. The summed E-state index contributed by atoms with van der Waals surface area (Å²) in [7, 11) is 0. The Bertz CT molecular complexity index is 393. The fourth-order valence-electron chi connectivity index (χ4n) is 1.50. The third kappa shape index (κ3) is 4.53. The van der Waals surface area contributed by atoms with Crippen LogP contribution >= 0.6 is 11.6 Å². The van der Waals surface area contributed by atoms with E-state index in [-0.39, 0.29) is 5.84 Å². The molecule has 0 aliphatic rings. The van der Waals surface area contributed by atoms with Gasteiger partial charge >= 0.3 is 0 Å². The van der Waals surface area contributed by atoms with Crippen molar-refractivity contribution >= 4 is 23.1 Å². The van der Waals surface area contributed by atoms with Crippen molar-refractivity contribution in [1.82, 2.24) is 0 Å². The van der Waals surface area contributed by atoms with Crippen LogP contribution in [0.3, 0.4) is 0 Å². The molecule has 5 heteroatoms. The zero-order valence-electron chi connectivity index (χ0n) is 9.91. The number of amidine groups is 1. The van der Waals surface area contributed by atoms with Crippen molar-refractivity contribution in [2.45, 2.75) is 26.2 Å². The first-order valence-corrected chi connectivity index (χ1v) is 5.98. The van der Waals surface area contributed by atoms with Gasteiger partial charge in [0.05, 0.1) is 0 Å². The second-order valence-electron chi connectivity index (χ2n) is 3.89. The van der Waals surface area contributed by atoms with Crippen LogP contribution in [0.1, 0.15) is 24.8 Å². The lowest BCUT2D eigenvalue weighted by Crippen LogP contribution is -2.12. The minimum atomic E-state index is 0.281. The summed E-state index contributed by atoms with van der Waals surface area (Å²) in [5, 5.41) is 15.4. The number of nitrogens with one attached hydrogen (secondary N) is 1. The van der Waals surface area contributed by atoms with Gasteiger partial charge in [0.15, 0.2) is 0 Å². The third-order valence-corrected chi connectivity index (χ3v) is 2.98. The minimum absolute atomic E-state index is 0.281. The standard InChI is InChI=1S/C12H18ClN3O/c1-9-10(13)5-4-6-11(9)15-8-3-2-7-12(14)16-17/h4-6,15,17H,2-3,7-8H2,1H3,(H2,14,16). The molecule has 0 fully saturated rings. The minimum Gasteiger partial charge on any atom is -0.409 e. The van der Waals surface area contributed by atoms with E-state index in [1.807, 2.05) is 25.1 Å². The van der Waals surface area contributed by atoms with Crippen LogP contribution in [0.5, 0.6) is 0 Å². The van der Waals surface area contributed by atoms with Gasteiger partial charge in [-0.2, -0.15) is 0 Å². The number of oxime groups is 1. The van der Waals surface area contributed by atoms with E-state index in [1.54, 1.807) is 0 Å². The highest BCUT2D eigenvalue weighted by Gasteiger charge is 2.00. The van der Waals surface area contributed by atoms with Crippen LogP contribution in [-0.2, 0) is 0 Å². The van der Waals surface area contributed by atoms with Crippen molar-refractivity contribution in [2.75, 3.05) is 11.9 Å². The SMILES string of the molecule is Cc1c(Cl)cccc1NCCCCC(N)=NO. The summed E-state index contributed by atoms with van der Waals surface area (Å²) < 4.78 is 0. The third-order valence-electron chi connectivity index (χ3n) is 2.57. The van der Waals surface area contributed by atoms with E-state index in [0.717, 1.165) is 35.7 Å². The Morgan fingerprint density at radius 1 is 1.47 bits per heavy atom. The molecule has 0 radical (unpaired) electrons. The molecule has 0 spiro atoms. The number of hydrogen-bond donors (Lipinski definition) is 3. The van der Waals surface area contributed by atoms with E-state index in [9.17, 15) is 0 Å². The molecule has 17 heavy (non-hydrogen) atoms. The lowest BCUT2D eigenvalue weighted by Gasteiger charge is -2.10. The molecule has 0 saturated carbocycles. The van der Waals surface area contributed by atoms with Crippen molar-refractivity contribution in [2.24, 2.45) is 10.9 Å². The molecule has 0 amide bonds. The number of nitrogens with zero attached hydrogens (tertiary/aromatic N) is 1. The highest BCUT2D eigenvalue weighted by Crippen LogP contribution is 2.22. The molecule has 0 aromatic heterocycles. The number of nitrogens with two attached hydrogens (primary N) is 1. The molecule has 0 heterocycles. The molecule has 1 aromatic carbocycles. The highest BCUT2D eigenvalue weighted by molar-refractivity contribution is 6.31. The van der Waals surface area contributed by atoms with Crippen LogP contribution in [0.15, 0.2) is 23.4 Å². The molecule has 94 valence electrons. The van der Waals surface area contributed by atoms with Crippen LogP contribution in [0.2, 0.25) is 5.02 Å². The number of rotatable bonds is 6. The van der Waals surface area contributed by atoms with E-state index in [0.29, 0.717) is 6.42 Å². The van der Waals surface area contributed by atoms with Gasteiger partial charge in [-0.05, 0) is 37.5 Å². The van der Waals surface area contributed by atoms with E-state index in [1.165, 1.54) is 0 Å². The molecule has 1 aromatic rings. The van der Waals surface area contributed by atoms with E-state index < -0.39 is 0 Å². The van der Waals surface area contributed by atoms with Crippen molar-refractivity contribution in [3.63, 3.8) is 0 Å². The molecule has 0 unspecified atom stereocenters. The summed E-state index contributed by atoms with van der Waals surface area (Å²) >= 11 is 6.01. The average molecular weight is 256 g/mol. The van der Waals surface area contributed by atoms with Gasteiger partial charge in [-0.3, -0.25) is 0 Å². The fourth-order valence-corrected chi connectivity index (χ4v) is 1.68. The second-order valence-corrected chi connectivity index (χ2v) is 4.29. The Labute approximate surface area is 106 Å². The van der Waals surface area contributed by atoms with Crippen molar-refractivity contribution in [3.8, 4) is 0 Å². The van der Waals surface area contributed by atoms with Crippen LogP contribution in [-0.4, -0.2) is 17.6 Å². The number of anilines is 1. The lowest BCUT2D eigenvalue weighted by atomic mass is 10.2. The highest BCUT2D eigenvalue weighted by atomic mass is 35.5. The quantitative estimate of drug-likeness (QED) is 0.241.